The van der Waals surface area contributed by atoms with Crippen LogP contribution < -0.4 is 5.32 Å². The van der Waals surface area contributed by atoms with Gasteiger partial charge < -0.3 is 5.32 Å². The van der Waals surface area contributed by atoms with Crippen molar-refractivity contribution in [3.63, 3.8) is 0 Å². The van der Waals surface area contributed by atoms with Crippen LogP contribution in [0.1, 0.15) is 79.1 Å². The number of hydrogen-bond donors (Lipinski definition) is 1. The predicted molar refractivity (Wildman–Crippen MR) is 121 cm³/mol. The molecule has 0 aliphatic heterocycles. The van der Waals surface area contributed by atoms with Crippen LogP contribution in [-0.4, -0.2) is 25.6 Å². The molecule has 30 heavy (non-hydrogen) atoms. The van der Waals surface area contributed by atoms with E-state index < -0.39 is 0 Å². The van der Waals surface area contributed by atoms with Gasteiger partial charge in [0.25, 0.3) is 0 Å². The number of aromatic nitrogens is 4. The molecule has 3 aromatic heterocycles. The number of hydrogen-bond acceptors (Lipinski definition) is 4. The van der Waals surface area contributed by atoms with Gasteiger partial charge in [0.1, 0.15) is 5.82 Å². The molecule has 0 saturated heterocycles. The standard InChI is InChI=1S/C25H29N5/c1-16(22-14-26-25(19-9-10-19)29-17(22)2)20-11-12-30-24(13-20)23(15-27-30)18(3)28-21-7-5-4-6-8-21/h11-15,19,21,28H,1,3-10H2,2H3. The van der Waals surface area contributed by atoms with Crippen LogP contribution in [0, 0.1) is 6.92 Å². The molecule has 0 spiro atoms. The Labute approximate surface area is 178 Å². The van der Waals surface area contributed by atoms with Crippen LogP contribution in [0.25, 0.3) is 16.8 Å². The van der Waals surface area contributed by atoms with Crippen molar-refractivity contribution in [2.24, 2.45) is 0 Å². The molecule has 0 unspecified atom stereocenters. The minimum atomic E-state index is 0.518. The van der Waals surface area contributed by atoms with E-state index in [0.29, 0.717) is 12.0 Å². The molecule has 5 nitrogen and oxygen atoms in total. The fraction of sp³-hybridized carbons (Fsp3) is 0.400. The topological polar surface area (TPSA) is 55.1 Å². The maximum Gasteiger partial charge on any atom is 0.131 e. The summed E-state index contributed by atoms with van der Waals surface area (Å²) in [5, 5.41) is 8.16. The molecular formula is C25H29N5. The van der Waals surface area contributed by atoms with Gasteiger partial charge in [-0.3, -0.25) is 0 Å². The third-order valence-electron chi connectivity index (χ3n) is 6.44. The van der Waals surface area contributed by atoms with Crippen LogP contribution in [0.5, 0.6) is 0 Å². The zero-order chi connectivity index (χ0) is 20.7. The average molecular weight is 400 g/mol. The summed E-state index contributed by atoms with van der Waals surface area (Å²) in [6.07, 6.45) is 14.6. The summed E-state index contributed by atoms with van der Waals surface area (Å²) < 4.78 is 1.90. The van der Waals surface area contributed by atoms with E-state index in [0.717, 1.165) is 45.0 Å². The van der Waals surface area contributed by atoms with E-state index in [4.69, 9.17) is 4.98 Å². The number of pyridine rings is 1. The lowest BCUT2D eigenvalue weighted by molar-refractivity contribution is 0.409. The molecule has 0 radical (unpaired) electrons. The third-order valence-corrected chi connectivity index (χ3v) is 6.44. The van der Waals surface area contributed by atoms with E-state index in [-0.39, 0.29) is 0 Å². The Kier molecular flexibility index (Phi) is 4.89. The van der Waals surface area contributed by atoms with E-state index in [1.54, 1.807) is 0 Å². The molecule has 2 aliphatic carbocycles. The second kappa shape index (κ2) is 7.71. The van der Waals surface area contributed by atoms with Crippen molar-refractivity contribution < 1.29 is 0 Å². The smallest absolute Gasteiger partial charge is 0.131 e. The zero-order valence-corrected chi connectivity index (χ0v) is 17.7. The second-order valence-corrected chi connectivity index (χ2v) is 8.74. The zero-order valence-electron chi connectivity index (χ0n) is 17.7. The summed E-state index contributed by atoms with van der Waals surface area (Å²) in [4.78, 5) is 9.33. The van der Waals surface area contributed by atoms with Gasteiger partial charge in [-0.15, -0.1) is 0 Å². The summed E-state index contributed by atoms with van der Waals surface area (Å²) in [7, 11) is 0. The first-order chi connectivity index (χ1) is 14.6. The minimum absolute atomic E-state index is 0.518. The highest BCUT2D eigenvalue weighted by Gasteiger charge is 2.27. The largest absolute Gasteiger partial charge is 0.382 e. The number of aryl methyl sites for hydroxylation is 1. The molecule has 3 aromatic rings. The molecule has 2 saturated carbocycles. The Morgan fingerprint density at radius 1 is 1.07 bits per heavy atom. The first-order valence-corrected chi connectivity index (χ1v) is 11.1. The van der Waals surface area contributed by atoms with E-state index in [9.17, 15) is 0 Å². The predicted octanol–water partition coefficient (Wildman–Crippen LogP) is 5.26. The highest BCUT2D eigenvalue weighted by atomic mass is 15.2. The quantitative estimate of drug-likeness (QED) is 0.614. The fourth-order valence-electron chi connectivity index (χ4n) is 4.45. The lowest BCUT2D eigenvalue weighted by Crippen LogP contribution is -2.29. The Morgan fingerprint density at radius 2 is 1.87 bits per heavy atom. The summed E-state index contributed by atoms with van der Waals surface area (Å²) >= 11 is 0. The SMILES string of the molecule is C=C(c1ccn2ncc(C(=C)NC3CCCCC3)c2c1)c1cnc(C2CC2)nc1C. The molecule has 5 heteroatoms. The first kappa shape index (κ1) is 19.0. The van der Waals surface area contributed by atoms with Crippen molar-refractivity contribution in [3.8, 4) is 0 Å². The molecule has 3 heterocycles. The Morgan fingerprint density at radius 3 is 2.60 bits per heavy atom. The second-order valence-electron chi connectivity index (χ2n) is 8.74. The van der Waals surface area contributed by atoms with Crippen molar-refractivity contribution >= 4 is 16.8 Å². The molecule has 0 atom stereocenters. The maximum atomic E-state index is 4.73. The van der Waals surface area contributed by atoms with Crippen LogP contribution in [0.3, 0.4) is 0 Å². The molecule has 0 amide bonds. The molecule has 2 fully saturated rings. The van der Waals surface area contributed by atoms with Gasteiger partial charge in [-0.1, -0.05) is 32.4 Å². The lowest BCUT2D eigenvalue weighted by Gasteiger charge is -2.24. The summed E-state index contributed by atoms with van der Waals surface area (Å²) in [5.74, 6) is 1.53. The third kappa shape index (κ3) is 3.64. The van der Waals surface area contributed by atoms with Gasteiger partial charge >= 0.3 is 0 Å². The molecule has 0 bridgehead atoms. The number of nitrogens with zero attached hydrogens (tertiary/aromatic N) is 4. The van der Waals surface area contributed by atoms with E-state index in [1.165, 1.54) is 44.9 Å². The minimum Gasteiger partial charge on any atom is -0.382 e. The van der Waals surface area contributed by atoms with Gasteiger partial charge in [0.05, 0.1) is 11.7 Å². The molecule has 5 rings (SSSR count). The Hall–Kier alpha value is -2.95. The van der Waals surface area contributed by atoms with E-state index in [2.05, 4.69) is 40.7 Å². The van der Waals surface area contributed by atoms with Crippen molar-refractivity contribution in [1.29, 1.82) is 0 Å². The van der Waals surface area contributed by atoms with Gasteiger partial charge in [0.2, 0.25) is 0 Å². The van der Waals surface area contributed by atoms with Gasteiger partial charge in [-0.2, -0.15) is 5.10 Å². The van der Waals surface area contributed by atoms with Gasteiger partial charge in [-0.05, 0) is 55.9 Å². The van der Waals surface area contributed by atoms with Gasteiger partial charge in [0, 0.05) is 46.9 Å². The van der Waals surface area contributed by atoms with Gasteiger partial charge in [-0.25, -0.2) is 14.5 Å². The number of rotatable bonds is 6. The van der Waals surface area contributed by atoms with Crippen LogP contribution in [0.4, 0.5) is 0 Å². The van der Waals surface area contributed by atoms with Crippen molar-refractivity contribution in [1.82, 2.24) is 24.9 Å². The number of nitrogens with one attached hydrogen (secondary N) is 1. The normalized spacial score (nSPS) is 17.2. The van der Waals surface area contributed by atoms with Crippen molar-refractivity contribution in [3.05, 3.63) is 72.1 Å². The summed E-state index contributed by atoms with van der Waals surface area (Å²) in [5.41, 5.74) is 7.03. The highest BCUT2D eigenvalue weighted by molar-refractivity contribution is 5.83. The molecule has 154 valence electrons. The van der Waals surface area contributed by atoms with Crippen LogP contribution in [0.15, 0.2) is 43.9 Å². The molecule has 0 aromatic carbocycles. The maximum absolute atomic E-state index is 4.73. The van der Waals surface area contributed by atoms with E-state index >= 15 is 0 Å². The van der Waals surface area contributed by atoms with Crippen LogP contribution in [0.2, 0.25) is 0 Å². The number of fused-ring (bicyclic) bond motifs is 1. The fourth-order valence-corrected chi connectivity index (χ4v) is 4.45. The molecule has 2 aliphatic rings. The summed E-state index contributed by atoms with van der Waals surface area (Å²) in [6, 6.07) is 4.72. The van der Waals surface area contributed by atoms with Crippen LogP contribution in [-0.2, 0) is 0 Å². The van der Waals surface area contributed by atoms with Gasteiger partial charge in [0.15, 0.2) is 0 Å². The van der Waals surface area contributed by atoms with Crippen LogP contribution >= 0.6 is 0 Å². The van der Waals surface area contributed by atoms with Crippen molar-refractivity contribution in [2.45, 2.75) is 63.8 Å². The molecule has 1 N–H and O–H groups in total. The lowest BCUT2D eigenvalue weighted by atomic mass is 9.95. The molecular weight excluding hydrogens is 370 g/mol. The Bertz CT molecular complexity index is 1120. The monoisotopic (exact) mass is 399 g/mol. The average Bonchev–Trinajstić information content (AvgIpc) is 3.52. The Balaban J connectivity index is 1.42. The van der Waals surface area contributed by atoms with Crippen molar-refractivity contribution in [2.75, 3.05) is 0 Å². The summed E-state index contributed by atoms with van der Waals surface area (Å²) in [6.45, 7) is 10.7. The van der Waals surface area contributed by atoms with E-state index in [1.807, 2.05) is 30.0 Å². The first-order valence-electron chi connectivity index (χ1n) is 11.1. The highest BCUT2D eigenvalue weighted by Crippen LogP contribution is 2.38.